The van der Waals surface area contributed by atoms with E-state index in [0.717, 1.165) is 5.69 Å². The second-order valence-corrected chi connectivity index (χ2v) is 8.90. The van der Waals surface area contributed by atoms with Gasteiger partial charge in [0.05, 0.1) is 32.1 Å². The normalized spacial score (nSPS) is 14.9. The predicted octanol–water partition coefficient (Wildman–Crippen LogP) is 2.26. The maximum Gasteiger partial charge on any atom is 0.244 e. The van der Waals surface area contributed by atoms with E-state index in [1.54, 1.807) is 18.2 Å². The van der Waals surface area contributed by atoms with Gasteiger partial charge in [-0.05, 0) is 38.1 Å². The van der Waals surface area contributed by atoms with Crippen LogP contribution in [0.5, 0.6) is 5.75 Å². The molecular formula is C18H23BrN4O4S. The summed E-state index contributed by atoms with van der Waals surface area (Å²) in [6, 6.07) is 6.68. The van der Waals surface area contributed by atoms with E-state index < -0.39 is 10.0 Å². The highest BCUT2D eigenvalue weighted by Crippen LogP contribution is 2.27. The number of halogens is 1. The Bertz CT molecular complexity index is 933. The number of anilines is 1. The molecule has 0 bridgehead atoms. The average molecular weight is 471 g/mol. The fourth-order valence-electron chi connectivity index (χ4n) is 2.83. The molecule has 0 amide bonds. The second-order valence-electron chi connectivity index (χ2n) is 6.25. The summed E-state index contributed by atoms with van der Waals surface area (Å²) in [5, 5.41) is 0. The number of rotatable bonds is 7. The van der Waals surface area contributed by atoms with Crippen LogP contribution < -0.4 is 14.4 Å². The molecule has 1 N–H and O–H groups in total. The van der Waals surface area contributed by atoms with Crippen molar-refractivity contribution in [2.24, 2.45) is 0 Å². The topological polar surface area (TPSA) is 93.7 Å². The van der Waals surface area contributed by atoms with Crippen LogP contribution in [0.1, 0.15) is 18.3 Å². The first-order chi connectivity index (χ1) is 13.4. The molecule has 28 heavy (non-hydrogen) atoms. The van der Waals surface area contributed by atoms with Crippen molar-refractivity contribution < 1.29 is 17.9 Å². The Morgan fingerprint density at radius 1 is 1.25 bits per heavy atom. The van der Waals surface area contributed by atoms with E-state index in [1.807, 2.05) is 18.7 Å². The van der Waals surface area contributed by atoms with E-state index in [1.165, 1.54) is 6.07 Å². The van der Waals surface area contributed by atoms with Crippen molar-refractivity contribution in [3.63, 3.8) is 0 Å². The first-order valence-corrected chi connectivity index (χ1v) is 11.3. The molecule has 0 unspecified atom stereocenters. The van der Waals surface area contributed by atoms with Crippen LogP contribution in [-0.4, -0.2) is 51.3 Å². The third-order valence-electron chi connectivity index (χ3n) is 4.13. The SMILES string of the molecule is CCOc1ccc(Br)cc1S(=O)(=O)NCc1cc(C)nc(N2CCOCC2)n1. The Kier molecular flexibility index (Phi) is 6.86. The van der Waals surface area contributed by atoms with Crippen molar-refractivity contribution in [2.45, 2.75) is 25.3 Å². The number of hydrogen-bond acceptors (Lipinski definition) is 7. The zero-order valence-electron chi connectivity index (χ0n) is 15.8. The quantitative estimate of drug-likeness (QED) is 0.662. The molecule has 0 aliphatic carbocycles. The molecule has 0 atom stereocenters. The summed E-state index contributed by atoms with van der Waals surface area (Å²) in [7, 11) is -3.78. The number of aromatic nitrogens is 2. The minimum absolute atomic E-state index is 0.0567. The highest BCUT2D eigenvalue weighted by molar-refractivity contribution is 9.10. The minimum atomic E-state index is -3.78. The smallest absolute Gasteiger partial charge is 0.244 e. The molecule has 1 aliphatic heterocycles. The number of hydrogen-bond donors (Lipinski definition) is 1. The minimum Gasteiger partial charge on any atom is -0.492 e. The summed E-state index contributed by atoms with van der Waals surface area (Å²) in [5.41, 5.74) is 1.38. The number of morpholine rings is 1. The van der Waals surface area contributed by atoms with Gasteiger partial charge in [-0.3, -0.25) is 0 Å². The summed E-state index contributed by atoms with van der Waals surface area (Å²) < 4.78 is 39.8. The molecule has 3 rings (SSSR count). The Hall–Kier alpha value is -1.75. The second kappa shape index (κ2) is 9.17. The standard InChI is InChI=1S/C18H23BrN4O4S/c1-3-27-16-5-4-14(19)11-17(16)28(24,25)20-12-15-10-13(2)21-18(22-15)23-6-8-26-9-7-23/h4-5,10-11,20H,3,6-9,12H2,1-2H3. The van der Waals surface area contributed by atoms with Gasteiger partial charge in [0.1, 0.15) is 10.6 Å². The monoisotopic (exact) mass is 470 g/mol. The number of benzene rings is 1. The van der Waals surface area contributed by atoms with Crippen LogP contribution in [-0.2, 0) is 21.3 Å². The van der Waals surface area contributed by atoms with Gasteiger partial charge in [-0.2, -0.15) is 0 Å². The Labute approximate surface area is 173 Å². The van der Waals surface area contributed by atoms with Crippen molar-refractivity contribution in [3.05, 3.63) is 40.1 Å². The lowest BCUT2D eigenvalue weighted by Gasteiger charge is -2.27. The van der Waals surface area contributed by atoms with Crippen molar-refractivity contribution in [3.8, 4) is 5.75 Å². The van der Waals surface area contributed by atoms with E-state index in [2.05, 4.69) is 30.6 Å². The van der Waals surface area contributed by atoms with E-state index in [9.17, 15) is 8.42 Å². The van der Waals surface area contributed by atoms with Crippen molar-refractivity contribution in [2.75, 3.05) is 37.8 Å². The zero-order chi connectivity index (χ0) is 20.1. The summed E-state index contributed by atoms with van der Waals surface area (Å²) in [6.07, 6.45) is 0. The van der Waals surface area contributed by atoms with Gasteiger partial charge in [0.2, 0.25) is 16.0 Å². The van der Waals surface area contributed by atoms with Crippen molar-refractivity contribution >= 4 is 31.9 Å². The molecule has 2 aromatic rings. The Balaban J connectivity index is 1.79. The Morgan fingerprint density at radius 3 is 2.71 bits per heavy atom. The van der Waals surface area contributed by atoms with Crippen LogP contribution >= 0.6 is 15.9 Å². The lowest BCUT2D eigenvalue weighted by atomic mass is 10.3. The third kappa shape index (κ3) is 5.19. The largest absolute Gasteiger partial charge is 0.492 e. The summed E-state index contributed by atoms with van der Waals surface area (Å²) in [6.45, 7) is 6.78. The van der Waals surface area contributed by atoms with E-state index >= 15 is 0 Å². The number of nitrogens with one attached hydrogen (secondary N) is 1. The van der Waals surface area contributed by atoms with E-state index in [4.69, 9.17) is 9.47 Å². The maximum absolute atomic E-state index is 12.8. The van der Waals surface area contributed by atoms with Crippen LogP contribution in [0.3, 0.4) is 0 Å². The lowest BCUT2D eigenvalue weighted by Crippen LogP contribution is -2.37. The highest BCUT2D eigenvalue weighted by Gasteiger charge is 2.21. The average Bonchev–Trinajstić information content (AvgIpc) is 2.68. The molecule has 152 valence electrons. The molecule has 8 nitrogen and oxygen atoms in total. The highest BCUT2D eigenvalue weighted by atomic mass is 79.9. The van der Waals surface area contributed by atoms with Crippen LogP contribution in [0.2, 0.25) is 0 Å². The molecule has 1 fully saturated rings. The molecule has 10 heteroatoms. The van der Waals surface area contributed by atoms with Crippen LogP contribution in [0.15, 0.2) is 33.6 Å². The van der Waals surface area contributed by atoms with Gasteiger partial charge in [0.25, 0.3) is 0 Å². The molecule has 0 spiro atoms. The Morgan fingerprint density at radius 2 is 2.00 bits per heavy atom. The van der Waals surface area contributed by atoms with E-state index in [-0.39, 0.29) is 11.4 Å². The molecule has 1 aromatic heterocycles. The number of ether oxygens (including phenoxy) is 2. The van der Waals surface area contributed by atoms with Crippen molar-refractivity contribution in [1.82, 2.24) is 14.7 Å². The van der Waals surface area contributed by atoms with Crippen LogP contribution in [0, 0.1) is 6.92 Å². The fourth-order valence-corrected chi connectivity index (χ4v) is 4.51. The van der Waals surface area contributed by atoms with Gasteiger partial charge in [0, 0.05) is 23.3 Å². The van der Waals surface area contributed by atoms with Crippen molar-refractivity contribution in [1.29, 1.82) is 0 Å². The van der Waals surface area contributed by atoms with Gasteiger partial charge < -0.3 is 14.4 Å². The lowest BCUT2D eigenvalue weighted by molar-refractivity contribution is 0.122. The number of sulfonamides is 1. The van der Waals surface area contributed by atoms with Gasteiger partial charge in [0.15, 0.2) is 0 Å². The van der Waals surface area contributed by atoms with Gasteiger partial charge in [-0.15, -0.1) is 0 Å². The number of nitrogens with zero attached hydrogens (tertiary/aromatic N) is 3. The first kappa shape index (κ1) is 21.0. The first-order valence-electron chi connectivity index (χ1n) is 8.98. The molecule has 1 aliphatic rings. The molecule has 0 saturated carbocycles. The summed E-state index contributed by atoms with van der Waals surface area (Å²) in [5.74, 6) is 0.904. The molecule has 0 radical (unpaired) electrons. The van der Waals surface area contributed by atoms with Gasteiger partial charge in [-0.1, -0.05) is 15.9 Å². The molecule has 2 heterocycles. The van der Waals surface area contributed by atoms with Gasteiger partial charge in [-0.25, -0.2) is 23.1 Å². The van der Waals surface area contributed by atoms with E-state index in [0.29, 0.717) is 54.8 Å². The van der Waals surface area contributed by atoms with Crippen LogP contribution in [0.4, 0.5) is 5.95 Å². The summed E-state index contributed by atoms with van der Waals surface area (Å²) in [4.78, 5) is 11.1. The van der Waals surface area contributed by atoms with Gasteiger partial charge >= 0.3 is 0 Å². The third-order valence-corrected chi connectivity index (χ3v) is 6.04. The summed E-state index contributed by atoms with van der Waals surface area (Å²) >= 11 is 3.31. The molecule has 1 saturated heterocycles. The fraction of sp³-hybridized carbons (Fsp3) is 0.444. The maximum atomic E-state index is 12.8. The molecule has 1 aromatic carbocycles. The molecular weight excluding hydrogens is 448 g/mol. The zero-order valence-corrected chi connectivity index (χ0v) is 18.2. The predicted molar refractivity (Wildman–Crippen MR) is 109 cm³/mol. The van der Waals surface area contributed by atoms with Crippen LogP contribution in [0.25, 0.3) is 0 Å². The number of aryl methyl sites for hydroxylation is 1.